The minimum atomic E-state index is -0.331. The summed E-state index contributed by atoms with van der Waals surface area (Å²) in [4.78, 5) is 9.55. The Bertz CT molecular complexity index is 465. The zero-order valence-corrected chi connectivity index (χ0v) is 13.4. The van der Waals surface area contributed by atoms with Crippen LogP contribution >= 0.6 is 0 Å². The zero-order valence-electron chi connectivity index (χ0n) is 13.4. The molecule has 2 heterocycles. The molecular formula is C16H27N3O. The highest BCUT2D eigenvalue weighted by Gasteiger charge is 2.34. The molecule has 1 N–H and O–H groups in total. The van der Waals surface area contributed by atoms with Crippen LogP contribution in [0.1, 0.15) is 70.0 Å². The molecule has 0 saturated carbocycles. The maximum atomic E-state index is 5.99. The Hall–Kier alpha value is -1.16. The zero-order chi connectivity index (χ0) is 14.8. The standard InChI is InChI=1S/C16H27N3O/c1-6-17-14-13(11(2)3)12(4)18-15(19-14)16(5)9-7-8-10-20-16/h11H,6-10H2,1-5H3,(H,17,18,19). The molecule has 1 aromatic heterocycles. The van der Waals surface area contributed by atoms with Gasteiger partial charge >= 0.3 is 0 Å². The molecule has 0 radical (unpaired) electrons. The molecule has 2 rings (SSSR count). The monoisotopic (exact) mass is 277 g/mol. The third-order valence-corrected chi connectivity index (χ3v) is 4.00. The molecule has 0 spiro atoms. The smallest absolute Gasteiger partial charge is 0.162 e. The molecule has 1 atom stereocenters. The maximum absolute atomic E-state index is 5.99. The summed E-state index contributed by atoms with van der Waals surface area (Å²) in [7, 11) is 0. The van der Waals surface area contributed by atoms with Gasteiger partial charge in [0.2, 0.25) is 0 Å². The van der Waals surface area contributed by atoms with Gasteiger partial charge in [-0.2, -0.15) is 0 Å². The molecule has 1 fully saturated rings. The lowest BCUT2D eigenvalue weighted by molar-refractivity contribution is -0.0760. The predicted octanol–water partition coefficient (Wildman–Crippen LogP) is 3.76. The van der Waals surface area contributed by atoms with Crippen LogP contribution in [-0.2, 0) is 10.3 Å². The van der Waals surface area contributed by atoms with Crippen molar-refractivity contribution in [2.24, 2.45) is 0 Å². The van der Waals surface area contributed by atoms with E-state index < -0.39 is 0 Å². The van der Waals surface area contributed by atoms with E-state index in [1.54, 1.807) is 0 Å². The summed E-state index contributed by atoms with van der Waals surface area (Å²) < 4.78 is 5.99. The van der Waals surface area contributed by atoms with Crippen LogP contribution in [0.4, 0.5) is 5.82 Å². The molecule has 1 saturated heterocycles. The number of rotatable bonds is 4. The second kappa shape index (κ2) is 6.08. The Morgan fingerprint density at radius 3 is 2.60 bits per heavy atom. The van der Waals surface area contributed by atoms with Crippen LogP contribution in [0.5, 0.6) is 0 Å². The Kier molecular flexibility index (Phi) is 4.63. The molecule has 112 valence electrons. The molecule has 0 bridgehead atoms. The van der Waals surface area contributed by atoms with Crippen LogP contribution in [0.25, 0.3) is 0 Å². The lowest BCUT2D eigenvalue weighted by atomic mass is 9.94. The average molecular weight is 277 g/mol. The first-order valence-electron chi connectivity index (χ1n) is 7.74. The van der Waals surface area contributed by atoms with Crippen LogP contribution in [0.2, 0.25) is 0 Å². The number of nitrogens with one attached hydrogen (secondary N) is 1. The molecule has 1 aliphatic rings. The van der Waals surface area contributed by atoms with E-state index >= 15 is 0 Å². The van der Waals surface area contributed by atoms with Crippen molar-refractivity contribution in [2.45, 2.75) is 65.4 Å². The summed E-state index contributed by atoms with van der Waals surface area (Å²) in [5.41, 5.74) is 1.95. The van der Waals surface area contributed by atoms with Crippen LogP contribution in [0.15, 0.2) is 0 Å². The summed E-state index contributed by atoms with van der Waals surface area (Å²) in [6, 6.07) is 0. The van der Waals surface area contributed by atoms with Crippen molar-refractivity contribution in [3.05, 3.63) is 17.1 Å². The number of hydrogen-bond acceptors (Lipinski definition) is 4. The predicted molar refractivity (Wildman–Crippen MR) is 82.2 cm³/mol. The van der Waals surface area contributed by atoms with Crippen LogP contribution in [-0.4, -0.2) is 23.1 Å². The van der Waals surface area contributed by atoms with E-state index in [1.165, 1.54) is 12.0 Å². The van der Waals surface area contributed by atoms with Crippen molar-refractivity contribution < 1.29 is 4.74 Å². The molecule has 1 unspecified atom stereocenters. The maximum Gasteiger partial charge on any atom is 0.162 e. The number of aryl methyl sites for hydroxylation is 1. The third kappa shape index (κ3) is 2.95. The molecule has 20 heavy (non-hydrogen) atoms. The van der Waals surface area contributed by atoms with Gasteiger partial charge in [-0.15, -0.1) is 0 Å². The van der Waals surface area contributed by atoms with Crippen molar-refractivity contribution >= 4 is 5.82 Å². The van der Waals surface area contributed by atoms with Gasteiger partial charge in [-0.1, -0.05) is 13.8 Å². The summed E-state index contributed by atoms with van der Waals surface area (Å²) in [6.07, 6.45) is 3.32. The van der Waals surface area contributed by atoms with Gasteiger partial charge in [0, 0.05) is 24.4 Å². The van der Waals surface area contributed by atoms with Gasteiger partial charge in [0.05, 0.1) is 0 Å². The quantitative estimate of drug-likeness (QED) is 0.910. The molecule has 4 heteroatoms. The molecule has 0 aliphatic carbocycles. The minimum absolute atomic E-state index is 0.331. The van der Waals surface area contributed by atoms with Crippen LogP contribution < -0.4 is 5.32 Å². The molecule has 1 aromatic rings. The second-order valence-electron chi connectivity index (χ2n) is 6.12. The van der Waals surface area contributed by atoms with Crippen molar-refractivity contribution in [2.75, 3.05) is 18.5 Å². The highest BCUT2D eigenvalue weighted by atomic mass is 16.5. The fourth-order valence-electron chi connectivity index (χ4n) is 2.92. The van der Waals surface area contributed by atoms with Crippen molar-refractivity contribution in [1.29, 1.82) is 0 Å². The van der Waals surface area contributed by atoms with E-state index in [0.29, 0.717) is 5.92 Å². The average Bonchev–Trinajstić information content (AvgIpc) is 2.39. The second-order valence-corrected chi connectivity index (χ2v) is 6.12. The number of nitrogens with zero attached hydrogens (tertiary/aromatic N) is 2. The van der Waals surface area contributed by atoms with Crippen LogP contribution in [0, 0.1) is 6.92 Å². The summed E-state index contributed by atoms with van der Waals surface area (Å²) >= 11 is 0. The third-order valence-electron chi connectivity index (χ3n) is 4.00. The SMILES string of the molecule is CCNc1nc(C2(C)CCCCO2)nc(C)c1C(C)C. The number of hydrogen-bond donors (Lipinski definition) is 1. The van der Waals surface area contributed by atoms with Gasteiger partial charge < -0.3 is 10.1 Å². The highest BCUT2D eigenvalue weighted by Crippen LogP contribution is 2.35. The molecule has 0 amide bonds. The first-order valence-corrected chi connectivity index (χ1v) is 7.74. The summed E-state index contributed by atoms with van der Waals surface area (Å²) in [6.45, 7) is 12.3. The van der Waals surface area contributed by atoms with Gasteiger partial charge in [-0.3, -0.25) is 0 Å². The van der Waals surface area contributed by atoms with Gasteiger partial charge in [0.1, 0.15) is 11.4 Å². The molecule has 1 aliphatic heterocycles. The fourth-order valence-corrected chi connectivity index (χ4v) is 2.92. The van der Waals surface area contributed by atoms with Gasteiger partial charge in [0.15, 0.2) is 5.82 Å². The van der Waals surface area contributed by atoms with Crippen molar-refractivity contribution in [3.8, 4) is 0 Å². The topological polar surface area (TPSA) is 47.0 Å². The number of aromatic nitrogens is 2. The first-order chi connectivity index (χ1) is 9.48. The Morgan fingerprint density at radius 2 is 2.05 bits per heavy atom. The Morgan fingerprint density at radius 1 is 1.30 bits per heavy atom. The minimum Gasteiger partial charge on any atom is -0.370 e. The van der Waals surface area contributed by atoms with Gasteiger partial charge in [0.25, 0.3) is 0 Å². The largest absolute Gasteiger partial charge is 0.370 e. The van der Waals surface area contributed by atoms with E-state index in [2.05, 4.69) is 39.9 Å². The first kappa shape index (κ1) is 15.2. The number of ether oxygens (including phenoxy) is 1. The summed E-state index contributed by atoms with van der Waals surface area (Å²) in [5.74, 6) is 2.22. The number of anilines is 1. The molecular weight excluding hydrogens is 250 g/mol. The Balaban J connectivity index is 2.45. The summed E-state index contributed by atoms with van der Waals surface area (Å²) in [5, 5.41) is 3.39. The molecule has 0 aromatic carbocycles. The lowest BCUT2D eigenvalue weighted by Crippen LogP contribution is -2.33. The highest BCUT2D eigenvalue weighted by molar-refractivity contribution is 5.48. The van der Waals surface area contributed by atoms with E-state index in [9.17, 15) is 0 Å². The van der Waals surface area contributed by atoms with Crippen molar-refractivity contribution in [1.82, 2.24) is 9.97 Å². The van der Waals surface area contributed by atoms with Crippen LogP contribution in [0.3, 0.4) is 0 Å². The van der Waals surface area contributed by atoms with Gasteiger partial charge in [-0.05, 0) is 46.0 Å². The van der Waals surface area contributed by atoms with E-state index in [1.807, 2.05) is 0 Å². The lowest BCUT2D eigenvalue weighted by Gasteiger charge is -2.33. The van der Waals surface area contributed by atoms with Gasteiger partial charge in [-0.25, -0.2) is 9.97 Å². The normalized spacial score (nSPS) is 23.1. The Labute approximate surface area is 122 Å². The fraction of sp³-hybridized carbons (Fsp3) is 0.750. The van der Waals surface area contributed by atoms with E-state index in [4.69, 9.17) is 14.7 Å². The van der Waals surface area contributed by atoms with E-state index in [-0.39, 0.29) is 5.60 Å². The van der Waals surface area contributed by atoms with E-state index in [0.717, 1.165) is 43.3 Å². The van der Waals surface area contributed by atoms with Crippen molar-refractivity contribution in [3.63, 3.8) is 0 Å². The molecule has 4 nitrogen and oxygen atoms in total.